The fraction of sp³-hybridized carbons (Fsp3) is 0.286. The van der Waals surface area contributed by atoms with E-state index in [0.29, 0.717) is 12.1 Å². The Balaban J connectivity index is 1.50. The van der Waals surface area contributed by atoms with E-state index in [4.69, 9.17) is 0 Å². The second kappa shape index (κ2) is 10.1. The van der Waals surface area contributed by atoms with E-state index in [-0.39, 0.29) is 35.9 Å². The number of sulfonamides is 1. The Morgan fingerprint density at radius 2 is 1.86 bits per heavy atom. The van der Waals surface area contributed by atoms with Crippen molar-refractivity contribution in [3.8, 4) is 0 Å². The van der Waals surface area contributed by atoms with Crippen LogP contribution in [0, 0.1) is 5.92 Å². The van der Waals surface area contributed by atoms with Gasteiger partial charge in [0, 0.05) is 29.5 Å². The molecule has 4 aromatic rings. The number of thiophene rings is 1. The van der Waals surface area contributed by atoms with Crippen LogP contribution in [0.1, 0.15) is 35.9 Å². The van der Waals surface area contributed by atoms with Gasteiger partial charge >= 0.3 is 0 Å². The monoisotopic (exact) mass is 519 g/mol. The maximum Gasteiger partial charge on any atom is 0.245 e. The van der Waals surface area contributed by atoms with Gasteiger partial charge in [-0.2, -0.15) is 4.31 Å². The number of amides is 1. The van der Waals surface area contributed by atoms with E-state index < -0.39 is 10.0 Å². The van der Waals surface area contributed by atoms with Crippen LogP contribution in [0.5, 0.6) is 0 Å². The summed E-state index contributed by atoms with van der Waals surface area (Å²) in [5, 5.41) is 2.82. The number of para-hydroxylation sites is 1. The first-order chi connectivity index (χ1) is 17.4. The van der Waals surface area contributed by atoms with E-state index in [1.165, 1.54) is 9.18 Å². The number of benzene rings is 2. The van der Waals surface area contributed by atoms with Gasteiger partial charge in [-0.05, 0) is 47.0 Å². The highest BCUT2D eigenvalue weighted by Crippen LogP contribution is 2.38. The third-order valence-corrected chi connectivity index (χ3v) is 9.34. The number of carbonyl (C=O) groups is 1. The summed E-state index contributed by atoms with van der Waals surface area (Å²) in [5.41, 5.74) is 2.58. The third-order valence-electron chi connectivity index (χ3n) is 6.50. The van der Waals surface area contributed by atoms with E-state index >= 15 is 0 Å². The molecule has 1 amide bonds. The molecule has 0 saturated carbocycles. The number of pyridine rings is 1. The van der Waals surface area contributed by atoms with Gasteiger partial charge in [0.15, 0.2) is 0 Å². The van der Waals surface area contributed by atoms with E-state index in [2.05, 4.69) is 16.4 Å². The maximum absolute atomic E-state index is 13.9. The molecule has 186 valence electrons. The van der Waals surface area contributed by atoms with Gasteiger partial charge < -0.3 is 4.90 Å². The van der Waals surface area contributed by atoms with Crippen LogP contribution in [0.15, 0.2) is 83.2 Å². The number of fused-ring (bicyclic) bond motifs is 2. The van der Waals surface area contributed by atoms with Gasteiger partial charge in [-0.3, -0.25) is 9.78 Å². The molecule has 0 fully saturated rings. The summed E-state index contributed by atoms with van der Waals surface area (Å²) in [5.74, 6) is -0.150. The van der Waals surface area contributed by atoms with Crippen molar-refractivity contribution in [2.75, 3.05) is 19.6 Å². The lowest BCUT2D eigenvalue weighted by Crippen LogP contribution is -2.47. The minimum Gasteiger partial charge on any atom is -0.330 e. The average Bonchev–Trinajstić information content (AvgIpc) is 3.36. The molecule has 0 N–H and O–H groups in total. The Kier molecular flexibility index (Phi) is 6.92. The Morgan fingerprint density at radius 3 is 2.64 bits per heavy atom. The van der Waals surface area contributed by atoms with Crippen molar-refractivity contribution in [2.24, 2.45) is 5.92 Å². The molecule has 0 saturated heterocycles. The zero-order valence-electron chi connectivity index (χ0n) is 20.4. The standard InChI is InChI=1S/C28H29N3O3S2/c1-20(2)18-30(36(33,34)25-12-6-10-21-11-7-15-29-27(21)25)19-26(32)31-16-13-24-23(14-17-35-24)28(31)22-8-4-3-5-9-22/h3-12,14-15,17,20,28H,13,16,18-19H2,1-2H3. The molecule has 0 spiro atoms. The second-order valence-corrected chi connectivity index (χ2v) is 12.4. The molecule has 0 radical (unpaired) electrons. The van der Waals surface area contributed by atoms with Gasteiger partial charge in [-0.1, -0.05) is 62.4 Å². The molecule has 0 aliphatic carbocycles. The van der Waals surface area contributed by atoms with Crippen LogP contribution in [-0.4, -0.2) is 48.1 Å². The largest absolute Gasteiger partial charge is 0.330 e. The van der Waals surface area contributed by atoms with Crippen LogP contribution < -0.4 is 0 Å². The zero-order chi connectivity index (χ0) is 25.3. The van der Waals surface area contributed by atoms with Crippen molar-refractivity contribution in [3.63, 3.8) is 0 Å². The SMILES string of the molecule is CC(C)CN(CC(=O)N1CCc2sccc2C1c1ccccc1)S(=O)(=O)c1cccc2cccnc12. The highest BCUT2D eigenvalue weighted by atomic mass is 32.2. The molecule has 5 rings (SSSR count). The van der Waals surface area contributed by atoms with Crippen molar-refractivity contribution in [1.82, 2.24) is 14.2 Å². The Bertz CT molecular complexity index is 1480. The van der Waals surface area contributed by atoms with Crippen molar-refractivity contribution >= 4 is 38.2 Å². The Labute approximate surface area is 216 Å². The summed E-state index contributed by atoms with van der Waals surface area (Å²) in [6, 6.07) is 20.6. The van der Waals surface area contributed by atoms with Crippen LogP contribution in [-0.2, 0) is 21.2 Å². The van der Waals surface area contributed by atoms with Crippen LogP contribution in [0.4, 0.5) is 0 Å². The summed E-state index contributed by atoms with van der Waals surface area (Å²) in [6.07, 6.45) is 2.36. The molecule has 2 aromatic heterocycles. The van der Waals surface area contributed by atoms with E-state index in [1.54, 1.807) is 35.7 Å². The lowest BCUT2D eigenvalue weighted by molar-refractivity contribution is -0.133. The van der Waals surface area contributed by atoms with Gasteiger partial charge in [0.05, 0.1) is 18.1 Å². The van der Waals surface area contributed by atoms with Gasteiger partial charge in [-0.15, -0.1) is 11.3 Å². The molecule has 0 bridgehead atoms. The lowest BCUT2D eigenvalue weighted by atomic mass is 9.93. The zero-order valence-corrected chi connectivity index (χ0v) is 22.0. The lowest BCUT2D eigenvalue weighted by Gasteiger charge is -2.37. The van der Waals surface area contributed by atoms with Crippen LogP contribution >= 0.6 is 11.3 Å². The average molecular weight is 520 g/mol. The molecule has 2 aromatic carbocycles. The molecule has 6 nitrogen and oxygen atoms in total. The summed E-state index contributed by atoms with van der Waals surface area (Å²) < 4.78 is 29.2. The smallest absolute Gasteiger partial charge is 0.245 e. The predicted octanol–water partition coefficient (Wildman–Crippen LogP) is 5.12. The molecule has 1 atom stereocenters. The summed E-state index contributed by atoms with van der Waals surface area (Å²) in [7, 11) is -3.96. The van der Waals surface area contributed by atoms with Crippen LogP contribution in [0.25, 0.3) is 10.9 Å². The highest BCUT2D eigenvalue weighted by Gasteiger charge is 2.36. The fourth-order valence-electron chi connectivity index (χ4n) is 4.90. The van der Waals surface area contributed by atoms with Gasteiger partial charge in [0.25, 0.3) is 0 Å². The number of carbonyl (C=O) groups excluding carboxylic acids is 1. The quantitative estimate of drug-likeness (QED) is 0.340. The number of hydrogen-bond acceptors (Lipinski definition) is 5. The first-order valence-electron chi connectivity index (χ1n) is 12.1. The number of rotatable bonds is 7. The number of aromatic nitrogens is 1. The molecule has 36 heavy (non-hydrogen) atoms. The van der Waals surface area contributed by atoms with Crippen molar-refractivity contribution in [3.05, 3.63) is 94.3 Å². The molecular weight excluding hydrogens is 490 g/mol. The van der Waals surface area contributed by atoms with Crippen LogP contribution in [0.3, 0.4) is 0 Å². The van der Waals surface area contributed by atoms with Gasteiger partial charge in [-0.25, -0.2) is 8.42 Å². The minimum atomic E-state index is -3.96. The normalized spacial score (nSPS) is 16.0. The Hall–Kier alpha value is -3.07. The first-order valence-corrected chi connectivity index (χ1v) is 14.4. The summed E-state index contributed by atoms with van der Waals surface area (Å²) >= 11 is 1.71. The van der Waals surface area contributed by atoms with E-state index in [0.717, 1.165) is 22.9 Å². The molecule has 1 aliphatic rings. The molecule has 3 heterocycles. The van der Waals surface area contributed by atoms with Crippen molar-refractivity contribution in [2.45, 2.75) is 31.2 Å². The number of hydrogen-bond donors (Lipinski definition) is 0. The second-order valence-electron chi connectivity index (χ2n) is 9.47. The maximum atomic E-state index is 13.9. The van der Waals surface area contributed by atoms with Gasteiger partial charge in [0.2, 0.25) is 15.9 Å². The molecular formula is C28H29N3O3S2. The minimum absolute atomic E-state index is 0.0465. The molecule has 1 unspecified atom stereocenters. The highest BCUT2D eigenvalue weighted by molar-refractivity contribution is 7.89. The molecule has 8 heteroatoms. The van der Waals surface area contributed by atoms with Crippen molar-refractivity contribution in [1.29, 1.82) is 0 Å². The number of nitrogens with zero attached hydrogens (tertiary/aromatic N) is 3. The van der Waals surface area contributed by atoms with E-state index in [1.807, 2.05) is 61.2 Å². The first kappa shape index (κ1) is 24.6. The third kappa shape index (κ3) is 4.68. The van der Waals surface area contributed by atoms with E-state index in [9.17, 15) is 13.2 Å². The predicted molar refractivity (Wildman–Crippen MR) is 143 cm³/mol. The Morgan fingerprint density at radius 1 is 1.08 bits per heavy atom. The van der Waals surface area contributed by atoms with Gasteiger partial charge in [0.1, 0.15) is 4.90 Å². The summed E-state index contributed by atoms with van der Waals surface area (Å²) in [6.45, 7) is 4.49. The van der Waals surface area contributed by atoms with Crippen molar-refractivity contribution < 1.29 is 13.2 Å². The fourth-order valence-corrected chi connectivity index (χ4v) is 7.52. The summed E-state index contributed by atoms with van der Waals surface area (Å²) in [4.78, 5) is 21.5. The topological polar surface area (TPSA) is 70.6 Å². The molecule has 1 aliphatic heterocycles. The van der Waals surface area contributed by atoms with Crippen LogP contribution in [0.2, 0.25) is 0 Å².